The third-order valence-electron chi connectivity index (χ3n) is 2.69. The number of halogens is 2. The molecule has 1 aromatic rings. The highest BCUT2D eigenvalue weighted by Gasteiger charge is 2.12. The average molecular weight is 286 g/mol. The number of ether oxygens (including phenoxy) is 1. The zero-order valence-corrected chi connectivity index (χ0v) is 12.0. The van der Waals surface area contributed by atoms with Gasteiger partial charge in [-0.15, -0.1) is 0 Å². The Kier molecular flexibility index (Phi) is 6.54. The molecule has 0 aromatic heterocycles. The molecule has 0 spiro atoms. The second-order valence-corrected chi connectivity index (χ2v) is 4.83. The Labute approximate surface area is 117 Å². The highest BCUT2D eigenvalue weighted by molar-refractivity contribution is 5.78. The summed E-state index contributed by atoms with van der Waals surface area (Å²) in [6, 6.07) is 3.34. The summed E-state index contributed by atoms with van der Waals surface area (Å²) < 4.78 is 31.2. The quantitative estimate of drug-likeness (QED) is 0.827. The number of hydrogen-bond acceptors (Lipinski definition) is 3. The van der Waals surface area contributed by atoms with Gasteiger partial charge < -0.3 is 10.1 Å². The van der Waals surface area contributed by atoms with Crippen LogP contribution >= 0.6 is 0 Å². The van der Waals surface area contributed by atoms with Gasteiger partial charge in [-0.25, -0.2) is 8.78 Å². The van der Waals surface area contributed by atoms with Gasteiger partial charge in [-0.05, 0) is 20.0 Å². The van der Waals surface area contributed by atoms with E-state index in [0.29, 0.717) is 12.2 Å². The molecule has 1 N–H and O–H groups in total. The van der Waals surface area contributed by atoms with Crippen molar-refractivity contribution < 1.29 is 18.3 Å². The minimum atomic E-state index is -0.611. The fourth-order valence-electron chi connectivity index (χ4n) is 1.85. The highest BCUT2D eigenvalue weighted by Crippen LogP contribution is 2.11. The van der Waals surface area contributed by atoms with Gasteiger partial charge in [0, 0.05) is 31.3 Å². The minimum absolute atomic E-state index is 0.0801. The molecule has 0 unspecified atom stereocenters. The number of carbonyl (C=O) groups is 1. The Morgan fingerprint density at radius 3 is 2.75 bits per heavy atom. The van der Waals surface area contributed by atoms with Crippen LogP contribution in [0.15, 0.2) is 18.2 Å². The molecule has 0 bridgehead atoms. The van der Waals surface area contributed by atoms with E-state index in [4.69, 9.17) is 4.74 Å². The molecular weight excluding hydrogens is 266 g/mol. The molecule has 1 amide bonds. The number of nitrogens with one attached hydrogen (secondary N) is 1. The molecule has 1 aromatic carbocycles. The number of carbonyl (C=O) groups excluding carboxylic acids is 1. The SMILES string of the molecule is COC[C@H](C)NC(=O)CN(C)Cc1ccc(F)cc1F. The number of rotatable bonds is 7. The Bertz CT molecular complexity index is 455. The van der Waals surface area contributed by atoms with Gasteiger partial charge in [0.25, 0.3) is 0 Å². The van der Waals surface area contributed by atoms with Crippen LogP contribution < -0.4 is 5.32 Å². The van der Waals surface area contributed by atoms with E-state index in [1.807, 2.05) is 6.92 Å². The number of nitrogens with zero attached hydrogens (tertiary/aromatic N) is 1. The molecule has 0 fully saturated rings. The summed E-state index contributed by atoms with van der Waals surface area (Å²) in [4.78, 5) is 13.4. The van der Waals surface area contributed by atoms with Crippen LogP contribution in [0, 0.1) is 11.6 Å². The first kappa shape index (κ1) is 16.5. The highest BCUT2D eigenvalue weighted by atomic mass is 19.1. The van der Waals surface area contributed by atoms with Crippen molar-refractivity contribution in [3.8, 4) is 0 Å². The van der Waals surface area contributed by atoms with E-state index >= 15 is 0 Å². The van der Waals surface area contributed by atoms with Crippen molar-refractivity contribution in [2.45, 2.75) is 19.5 Å². The van der Waals surface area contributed by atoms with Crippen molar-refractivity contribution in [2.24, 2.45) is 0 Å². The summed E-state index contributed by atoms with van der Waals surface area (Å²) >= 11 is 0. The summed E-state index contributed by atoms with van der Waals surface area (Å²) in [7, 11) is 3.26. The van der Waals surface area contributed by atoms with E-state index in [0.717, 1.165) is 6.07 Å². The third kappa shape index (κ3) is 5.63. The van der Waals surface area contributed by atoms with Gasteiger partial charge in [-0.3, -0.25) is 9.69 Å². The molecule has 0 aliphatic heterocycles. The molecule has 0 saturated carbocycles. The van der Waals surface area contributed by atoms with Crippen molar-refractivity contribution in [1.29, 1.82) is 0 Å². The Morgan fingerprint density at radius 1 is 1.45 bits per heavy atom. The van der Waals surface area contributed by atoms with E-state index in [9.17, 15) is 13.6 Å². The van der Waals surface area contributed by atoms with Crippen molar-refractivity contribution in [3.05, 3.63) is 35.4 Å². The first-order chi connectivity index (χ1) is 9.42. The molecule has 4 nitrogen and oxygen atoms in total. The van der Waals surface area contributed by atoms with Gasteiger partial charge in [0.1, 0.15) is 11.6 Å². The predicted octanol–water partition coefficient (Wildman–Crippen LogP) is 1.55. The summed E-state index contributed by atoms with van der Waals surface area (Å²) in [5.74, 6) is -1.38. The molecule has 20 heavy (non-hydrogen) atoms. The summed E-state index contributed by atoms with van der Waals surface area (Å²) in [6.07, 6.45) is 0. The summed E-state index contributed by atoms with van der Waals surface area (Å²) in [5.41, 5.74) is 0.353. The Hall–Kier alpha value is -1.53. The second kappa shape index (κ2) is 7.91. The fraction of sp³-hybridized carbons (Fsp3) is 0.500. The topological polar surface area (TPSA) is 41.6 Å². The molecule has 6 heteroatoms. The van der Waals surface area contributed by atoms with Crippen LogP contribution in [0.1, 0.15) is 12.5 Å². The van der Waals surface area contributed by atoms with Gasteiger partial charge in [-0.2, -0.15) is 0 Å². The molecule has 0 aliphatic carbocycles. The number of benzene rings is 1. The molecular formula is C14H20F2N2O2. The van der Waals surface area contributed by atoms with Gasteiger partial charge in [0.05, 0.1) is 13.2 Å². The Balaban J connectivity index is 2.46. The number of amides is 1. The lowest BCUT2D eigenvalue weighted by molar-refractivity contribution is -0.123. The van der Waals surface area contributed by atoms with Crippen LogP contribution in [-0.4, -0.2) is 44.2 Å². The van der Waals surface area contributed by atoms with Crippen LogP contribution in [0.3, 0.4) is 0 Å². The predicted molar refractivity (Wildman–Crippen MR) is 72.2 cm³/mol. The summed E-state index contributed by atoms with van der Waals surface area (Å²) in [5, 5.41) is 2.76. The van der Waals surface area contributed by atoms with E-state index < -0.39 is 11.6 Å². The normalized spacial score (nSPS) is 12.5. The molecule has 1 rings (SSSR count). The van der Waals surface area contributed by atoms with Crippen molar-refractivity contribution >= 4 is 5.91 Å². The first-order valence-corrected chi connectivity index (χ1v) is 6.33. The largest absolute Gasteiger partial charge is 0.383 e. The molecule has 0 saturated heterocycles. The van der Waals surface area contributed by atoms with Crippen molar-refractivity contribution in [2.75, 3.05) is 27.3 Å². The molecule has 112 valence electrons. The van der Waals surface area contributed by atoms with Gasteiger partial charge in [-0.1, -0.05) is 6.07 Å². The summed E-state index contributed by atoms with van der Waals surface area (Å²) in [6.45, 7) is 2.63. The molecule has 1 atom stereocenters. The van der Waals surface area contributed by atoms with Crippen molar-refractivity contribution in [3.63, 3.8) is 0 Å². The average Bonchev–Trinajstić information content (AvgIpc) is 2.32. The van der Waals surface area contributed by atoms with Crippen LogP contribution in [-0.2, 0) is 16.1 Å². The molecule has 0 heterocycles. The minimum Gasteiger partial charge on any atom is -0.383 e. The maximum Gasteiger partial charge on any atom is 0.234 e. The molecule has 0 aliphatic rings. The monoisotopic (exact) mass is 286 g/mol. The number of likely N-dealkylation sites (N-methyl/N-ethyl adjacent to an activating group) is 1. The zero-order chi connectivity index (χ0) is 15.1. The van der Waals surface area contributed by atoms with E-state index in [1.165, 1.54) is 12.1 Å². The maximum absolute atomic E-state index is 13.5. The maximum atomic E-state index is 13.5. The van der Waals surface area contributed by atoms with Gasteiger partial charge in [0.15, 0.2) is 0 Å². The fourth-order valence-corrected chi connectivity index (χ4v) is 1.85. The van der Waals surface area contributed by atoms with Gasteiger partial charge in [0.2, 0.25) is 5.91 Å². The lowest BCUT2D eigenvalue weighted by atomic mass is 10.2. The smallest absolute Gasteiger partial charge is 0.234 e. The van der Waals surface area contributed by atoms with E-state index in [-0.39, 0.29) is 25.0 Å². The standard InChI is InChI=1S/C14H20F2N2O2/c1-10(9-20-3)17-14(19)8-18(2)7-11-4-5-12(15)6-13(11)16/h4-6,10H,7-9H2,1-3H3,(H,17,19)/t10-/m0/s1. The first-order valence-electron chi connectivity index (χ1n) is 6.33. The van der Waals surface area contributed by atoms with Gasteiger partial charge >= 0.3 is 0 Å². The third-order valence-corrected chi connectivity index (χ3v) is 2.69. The lowest BCUT2D eigenvalue weighted by Gasteiger charge is -2.19. The molecule has 0 radical (unpaired) electrons. The Morgan fingerprint density at radius 2 is 2.15 bits per heavy atom. The lowest BCUT2D eigenvalue weighted by Crippen LogP contribution is -2.41. The van der Waals surface area contributed by atoms with E-state index in [2.05, 4.69) is 5.32 Å². The van der Waals surface area contributed by atoms with Crippen LogP contribution in [0.25, 0.3) is 0 Å². The second-order valence-electron chi connectivity index (χ2n) is 4.83. The van der Waals surface area contributed by atoms with Crippen LogP contribution in [0.2, 0.25) is 0 Å². The zero-order valence-electron chi connectivity index (χ0n) is 12.0. The number of methoxy groups -OCH3 is 1. The van der Waals surface area contributed by atoms with Crippen LogP contribution in [0.5, 0.6) is 0 Å². The number of hydrogen-bond donors (Lipinski definition) is 1. The van der Waals surface area contributed by atoms with Crippen LogP contribution in [0.4, 0.5) is 8.78 Å². The van der Waals surface area contributed by atoms with Crippen molar-refractivity contribution in [1.82, 2.24) is 10.2 Å². The van der Waals surface area contributed by atoms with E-state index in [1.54, 1.807) is 19.1 Å².